The molecule has 2 aromatic heterocycles. The monoisotopic (exact) mass is 276 g/mol. The predicted octanol–water partition coefficient (Wildman–Crippen LogP) is 2.79. The summed E-state index contributed by atoms with van der Waals surface area (Å²) in [6.07, 6.45) is 1.99. The highest BCUT2D eigenvalue weighted by atomic mass is 32.1. The lowest BCUT2D eigenvalue weighted by atomic mass is 10.1. The highest BCUT2D eigenvalue weighted by Gasteiger charge is 2.24. The molecule has 0 unspecified atom stereocenters. The molecule has 1 aliphatic rings. The van der Waals surface area contributed by atoms with Gasteiger partial charge < -0.3 is 4.90 Å². The largest absolute Gasteiger partial charge is 0.333 e. The minimum absolute atomic E-state index is 0.116. The number of thiophene rings is 1. The molecule has 0 radical (unpaired) electrons. The van der Waals surface area contributed by atoms with E-state index in [1.807, 2.05) is 0 Å². The first-order chi connectivity index (χ1) is 9.15. The fourth-order valence-electron chi connectivity index (χ4n) is 2.34. The Labute approximate surface area is 114 Å². The van der Waals surface area contributed by atoms with Crippen LogP contribution in [-0.2, 0) is 13.0 Å². The molecular weight excluding hydrogens is 263 g/mol. The minimum Gasteiger partial charge on any atom is -0.333 e. The Morgan fingerprint density at radius 2 is 2.37 bits per heavy atom. The smallest absolute Gasteiger partial charge is 0.273 e. The first-order valence-electron chi connectivity index (χ1n) is 6.12. The normalized spacial score (nSPS) is 14.3. The van der Waals surface area contributed by atoms with Crippen LogP contribution >= 0.6 is 11.3 Å². The lowest BCUT2D eigenvalue weighted by molar-refractivity contribution is 0.0729. The number of nitrogens with zero attached hydrogens (tertiary/aromatic N) is 2. The van der Waals surface area contributed by atoms with E-state index in [9.17, 15) is 9.18 Å². The summed E-state index contributed by atoms with van der Waals surface area (Å²) in [7, 11) is 0. The average Bonchev–Trinajstić information content (AvgIpc) is 2.85. The maximum atomic E-state index is 13.0. The minimum atomic E-state index is -0.409. The number of halogens is 1. The van der Waals surface area contributed by atoms with Crippen molar-refractivity contribution in [3.63, 3.8) is 0 Å². The molecule has 19 heavy (non-hydrogen) atoms. The third-order valence-corrected chi connectivity index (χ3v) is 4.37. The summed E-state index contributed by atoms with van der Waals surface area (Å²) in [6.45, 7) is 3.03. The Hall–Kier alpha value is -1.75. The standard InChI is InChI=1S/C14H13FN2OS/c1-9-6-11(15)7-16-13(9)14(18)17-4-2-12-10(8-17)3-5-19-12/h3,5-7H,2,4,8H2,1H3. The van der Waals surface area contributed by atoms with E-state index in [0.717, 1.165) is 12.6 Å². The first-order valence-corrected chi connectivity index (χ1v) is 7.00. The molecule has 5 heteroatoms. The fraction of sp³-hybridized carbons (Fsp3) is 0.286. The average molecular weight is 276 g/mol. The Morgan fingerprint density at radius 1 is 1.53 bits per heavy atom. The van der Waals surface area contributed by atoms with Gasteiger partial charge in [-0.25, -0.2) is 9.37 Å². The second kappa shape index (κ2) is 4.74. The summed E-state index contributed by atoms with van der Waals surface area (Å²) in [6, 6.07) is 3.41. The van der Waals surface area contributed by atoms with E-state index in [0.29, 0.717) is 24.3 Å². The van der Waals surface area contributed by atoms with Gasteiger partial charge in [0.1, 0.15) is 11.5 Å². The van der Waals surface area contributed by atoms with Crippen LogP contribution in [-0.4, -0.2) is 22.3 Å². The Balaban J connectivity index is 1.85. The Bertz CT molecular complexity index is 638. The first kappa shape index (κ1) is 12.3. The molecule has 0 spiro atoms. The van der Waals surface area contributed by atoms with Crippen LogP contribution in [0, 0.1) is 12.7 Å². The van der Waals surface area contributed by atoms with E-state index in [4.69, 9.17) is 0 Å². The number of aromatic nitrogens is 1. The third kappa shape index (κ3) is 2.26. The van der Waals surface area contributed by atoms with Gasteiger partial charge >= 0.3 is 0 Å². The molecule has 3 rings (SSSR count). The van der Waals surface area contributed by atoms with Gasteiger partial charge in [0.15, 0.2) is 0 Å². The van der Waals surface area contributed by atoms with Crippen LogP contribution in [0.1, 0.15) is 26.5 Å². The van der Waals surface area contributed by atoms with Gasteiger partial charge in [-0.1, -0.05) is 0 Å². The molecule has 0 aromatic carbocycles. The zero-order valence-electron chi connectivity index (χ0n) is 10.5. The van der Waals surface area contributed by atoms with Crippen molar-refractivity contribution in [2.24, 2.45) is 0 Å². The van der Waals surface area contributed by atoms with E-state index in [1.165, 1.54) is 16.5 Å². The van der Waals surface area contributed by atoms with Crippen molar-refractivity contribution in [2.75, 3.05) is 6.54 Å². The van der Waals surface area contributed by atoms with Gasteiger partial charge in [0.2, 0.25) is 0 Å². The van der Waals surface area contributed by atoms with Crippen LogP contribution in [0.2, 0.25) is 0 Å². The predicted molar refractivity (Wildman–Crippen MR) is 71.7 cm³/mol. The number of pyridine rings is 1. The van der Waals surface area contributed by atoms with E-state index in [1.54, 1.807) is 23.2 Å². The van der Waals surface area contributed by atoms with Crippen molar-refractivity contribution in [1.82, 2.24) is 9.88 Å². The van der Waals surface area contributed by atoms with Crippen LogP contribution in [0.15, 0.2) is 23.7 Å². The second-order valence-corrected chi connectivity index (χ2v) is 5.67. The molecule has 0 N–H and O–H groups in total. The van der Waals surface area contributed by atoms with E-state index in [-0.39, 0.29) is 5.91 Å². The summed E-state index contributed by atoms with van der Waals surface area (Å²) >= 11 is 1.74. The second-order valence-electron chi connectivity index (χ2n) is 4.66. The van der Waals surface area contributed by atoms with Crippen LogP contribution in [0.25, 0.3) is 0 Å². The van der Waals surface area contributed by atoms with Gasteiger partial charge in [-0.2, -0.15) is 0 Å². The number of rotatable bonds is 1. The third-order valence-electron chi connectivity index (χ3n) is 3.34. The number of fused-ring (bicyclic) bond motifs is 1. The molecule has 0 saturated heterocycles. The van der Waals surface area contributed by atoms with Crippen molar-refractivity contribution in [1.29, 1.82) is 0 Å². The van der Waals surface area contributed by atoms with Gasteiger partial charge in [0.25, 0.3) is 5.91 Å². The number of amides is 1. The maximum Gasteiger partial charge on any atom is 0.273 e. The molecular formula is C14H13FN2OS. The van der Waals surface area contributed by atoms with Crippen molar-refractivity contribution < 1.29 is 9.18 Å². The molecule has 2 aromatic rings. The summed E-state index contributed by atoms with van der Waals surface area (Å²) in [5, 5.41) is 2.06. The summed E-state index contributed by atoms with van der Waals surface area (Å²) in [5.74, 6) is -0.526. The van der Waals surface area contributed by atoms with Crippen molar-refractivity contribution >= 4 is 17.2 Å². The van der Waals surface area contributed by atoms with Crippen molar-refractivity contribution in [3.8, 4) is 0 Å². The van der Waals surface area contributed by atoms with Crippen molar-refractivity contribution in [2.45, 2.75) is 19.9 Å². The number of hydrogen-bond acceptors (Lipinski definition) is 3. The van der Waals surface area contributed by atoms with Gasteiger partial charge in [0, 0.05) is 18.0 Å². The zero-order valence-corrected chi connectivity index (χ0v) is 11.3. The Kier molecular flexibility index (Phi) is 3.06. The van der Waals surface area contributed by atoms with Gasteiger partial charge in [-0.3, -0.25) is 4.79 Å². The van der Waals surface area contributed by atoms with Gasteiger partial charge in [-0.05, 0) is 42.0 Å². The molecule has 1 amide bonds. The van der Waals surface area contributed by atoms with E-state index in [2.05, 4.69) is 16.4 Å². The molecule has 98 valence electrons. The summed E-state index contributed by atoms with van der Waals surface area (Å²) in [4.78, 5) is 19.5. The van der Waals surface area contributed by atoms with Crippen LogP contribution in [0.3, 0.4) is 0 Å². The lowest BCUT2D eigenvalue weighted by Crippen LogP contribution is -2.36. The van der Waals surface area contributed by atoms with Crippen LogP contribution in [0.4, 0.5) is 4.39 Å². The SMILES string of the molecule is Cc1cc(F)cnc1C(=O)N1CCc2sccc2C1. The number of aryl methyl sites for hydroxylation is 1. The summed E-state index contributed by atoms with van der Waals surface area (Å²) < 4.78 is 13.0. The molecule has 0 fully saturated rings. The number of carbonyl (C=O) groups excluding carboxylic acids is 1. The van der Waals surface area contributed by atoms with Crippen molar-refractivity contribution in [3.05, 3.63) is 51.2 Å². The number of carbonyl (C=O) groups is 1. The lowest BCUT2D eigenvalue weighted by Gasteiger charge is -2.27. The maximum absolute atomic E-state index is 13.0. The van der Waals surface area contributed by atoms with E-state index < -0.39 is 5.82 Å². The molecule has 0 saturated carbocycles. The molecule has 0 aliphatic carbocycles. The van der Waals surface area contributed by atoms with Gasteiger partial charge in [-0.15, -0.1) is 11.3 Å². The fourth-order valence-corrected chi connectivity index (χ4v) is 3.23. The Morgan fingerprint density at radius 3 is 3.16 bits per heavy atom. The van der Waals surface area contributed by atoms with Crippen LogP contribution in [0.5, 0.6) is 0 Å². The highest BCUT2D eigenvalue weighted by Crippen LogP contribution is 2.25. The molecule has 1 aliphatic heterocycles. The van der Waals surface area contributed by atoms with Gasteiger partial charge in [0.05, 0.1) is 6.20 Å². The van der Waals surface area contributed by atoms with E-state index >= 15 is 0 Å². The molecule has 0 atom stereocenters. The molecule has 0 bridgehead atoms. The summed E-state index contributed by atoms with van der Waals surface area (Å²) in [5.41, 5.74) is 2.14. The zero-order chi connectivity index (χ0) is 13.4. The topological polar surface area (TPSA) is 33.2 Å². The quantitative estimate of drug-likeness (QED) is 0.802. The molecule has 3 heterocycles. The highest BCUT2D eigenvalue weighted by molar-refractivity contribution is 7.10. The number of hydrogen-bond donors (Lipinski definition) is 0. The molecule has 3 nitrogen and oxygen atoms in total. The van der Waals surface area contributed by atoms with Crippen LogP contribution < -0.4 is 0 Å².